The quantitative estimate of drug-likeness (QED) is 0.281. The molecule has 0 saturated carbocycles. The molecule has 4 heterocycles. The molecule has 10 nitrogen and oxygen atoms in total. The number of benzene rings is 1. The molecule has 0 radical (unpaired) electrons. The van der Waals surface area contributed by atoms with Crippen molar-refractivity contribution in [1.29, 1.82) is 0 Å². The van der Waals surface area contributed by atoms with Gasteiger partial charge in [0.2, 0.25) is 0 Å². The van der Waals surface area contributed by atoms with E-state index in [9.17, 15) is 4.79 Å². The molecular weight excluding hydrogens is 510 g/mol. The molecule has 1 aromatic carbocycles. The van der Waals surface area contributed by atoms with E-state index < -0.39 is 5.60 Å². The van der Waals surface area contributed by atoms with Gasteiger partial charge in [0.05, 0.1) is 48.2 Å². The third-order valence-corrected chi connectivity index (χ3v) is 7.53. The van der Waals surface area contributed by atoms with E-state index >= 15 is 0 Å². The summed E-state index contributed by atoms with van der Waals surface area (Å²) < 4.78 is 24.8. The number of amides is 1. The minimum Gasteiger partial charge on any atom is -0.496 e. The molecule has 1 saturated heterocycles. The summed E-state index contributed by atoms with van der Waals surface area (Å²) in [5.41, 5.74) is 4.76. The number of hydrogen-bond donors (Lipinski definition) is 0. The van der Waals surface area contributed by atoms with Crippen molar-refractivity contribution in [3.63, 3.8) is 0 Å². The van der Waals surface area contributed by atoms with Crippen LogP contribution in [0.1, 0.15) is 69.8 Å². The van der Waals surface area contributed by atoms with E-state index in [0.29, 0.717) is 19.7 Å². The van der Waals surface area contributed by atoms with Crippen molar-refractivity contribution in [2.45, 2.75) is 71.9 Å². The Hall–Kier alpha value is -3.66. The maximum Gasteiger partial charge on any atom is 0.410 e. The minimum absolute atomic E-state index is 0.0349. The van der Waals surface area contributed by atoms with Gasteiger partial charge in [0, 0.05) is 37.1 Å². The summed E-state index contributed by atoms with van der Waals surface area (Å²) in [6, 6.07) is 4.11. The Morgan fingerprint density at radius 3 is 2.48 bits per heavy atom. The topological polar surface area (TPSA) is 105 Å². The summed E-state index contributed by atoms with van der Waals surface area (Å²) in [6.45, 7) is 13.4. The molecule has 0 aliphatic carbocycles. The number of aryl methyl sites for hydroxylation is 2. The third kappa shape index (κ3) is 5.12. The van der Waals surface area contributed by atoms with E-state index in [4.69, 9.17) is 28.7 Å². The molecule has 1 amide bonds. The number of imidazole rings is 1. The summed E-state index contributed by atoms with van der Waals surface area (Å²) in [5, 5.41) is 5.09. The normalized spacial score (nSPS) is 15.7. The summed E-state index contributed by atoms with van der Waals surface area (Å²) in [5.74, 6) is 2.63. The van der Waals surface area contributed by atoms with E-state index in [2.05, 4.69) is 16.6 Å². The number of pyridine rings is 1. The summed E-state index contributed by atoms with van der Waals surface area (Å²) >= 11 is 0. The SMILES string of the molecule is COCC(C)n1c(C2CCN(C(=O)OC(C)(C)C)CC2)nc2cnc3cc(-c4c(C)noc4C)c(OC)cc3c21. The first-order valence-electron chi connectivity index (χ1n) is 13.8. The highest BCUT2D eigenvalue weighted by Gasteiger charge is 2.32. The molecule has 5 rings (SSSR count). The van der Waals surface area contributed by atoms with E-state index in [-0.39, 0.29) is 18.1 Å². The van der Waals surface area contributed by atoms with Crippen LogP contribution in [0.5, 0.6) is 5.75 Å². The van der Waals surface area contributed by atoms with E-state index in [1.807, 2.05) is 52.9 Å². The van der Waals surface area contributed by atoms with Crippen LogP contribution in [0.2, 0.25) is 0 Å². The maximum absolute atomic E-state index is 12.7. The van der Waals surface area contributed by atoms with Crippen LogP contribution in [0.25, 0.3) is 33.1 Å². The van der Waals surface area contributed by atoms with Gasteiger partial charge >= 0.3 is 6.09 Å². The first-order chi connectivity index (χ1) is 19.0. The number of hydrogen-bond acceptors (Lipinski definition) is 8. The van der Waals surface area contributed by atoms with Crippen LogP contribution < -0.4 is 4.74 Å². The smallest absolute Gasteiger partial charge is 0.410 e. The van der Waals surface area contributed by atoms with Gasteiger partial charge in [-0.05, 0) is 66.5 Å². The largest absolute Gasteiger partial charge is 0.496 e. The average molecular weight is 550 g/mol. The second-order valence-electron chi connectivity index (χ2n) is 11.6. The molecule has 0 bridgehead atoms. The van der Waals surface area contributed by atoms with E-state index in [0.717, 1.165) is 68.9 Å². The Morgan fingerprint density at radius 2 is 1.88 bits per heavy atom. The lowest BCUT2D eigenvalue weighted by molar-refractivity contribution is 0.0202. The number of fused-ring (bicyclic) bond motifs is 3. The fourth-order valence-electron chi connectivity index (χ4n) is 5.75. The second-order valence-corrected chi connectivity index (χ2v) is 11.6. The lowest BCUT2D eigenvalue weighted by Gasteiger charge is -2.33. The van der Waals surface area contributed by atoms with Crippen molar-refractivity contribution >= 4 is 28.0 Å². The number of piperidine rings is 1. The number of rotatable bonds is 6. The van der Waals surface area contributed by atoms with Gasteiger partial charge in [-0.25, -0.2) is 9.78 Å². The molecule has 0 spiro atoms. The molecule has 1 aliphatic rings. The Morgan fingerprint density at radius 1 is 1.15 bits per heavy atom. The molecule has 0 N–H and O–H groups in total. The highest BCUT2D eigenvalue weighted by atomic mass is 16.6. The van der Waals surface area contributed by atoms with Crippen LogP contribution in [0.4, 0.5) is 4.79 Å². The molecule has 214 valence electrons. The Bertz CT molecular complexity index is 1520. The fourth-order valence-corrected chi connectivity index (χ4v) is 5.75. The minimum atomic E-state index is -0.516. The van der Waals surface area contributed by atoms with Gasteiger partial charge in [-0.3, -0.25) is 4.98 Å². The van der Waals surface area contributed by atoms with Gasteiger partial charge in [0.15, 0.2) is 0 Å². The van der Waals surface area contributed by atoms with Crippen molar-refractivity contribution in [3.05, 3.63) is 35.6 Å². The first kappa shape index (κ1) is 27.9. The van der Waals surface area contributed by atoms with E-state index in [1.165, 1.54) is 0 Å². The lowest BCUT2D eigenvalue weighted by Crippen LogP contribution is -2.41. The zero-order valence-electron chi connectivity index (χ0n) is 24.7. The van der Waals surface area contributed by atoms with Crippen molar-refractivity contribution in [1.82, 2.24) is 24.6 Å². The average Bonchev–Trinajstić information content (AvgIpc) is 3.46. The van der Waals surface area contributed by atoms with Gasteiger partial charge in [-0.2, -0.15) is 0 Å². The van der Waals surface area contributed by atoms with Crippen LogP contribution in [0, 0.1) is 13.8 Å². The summed E-state index contributed by atoms with van der Waals surface area (Å²) in [7, 11) is 3.39. The maximum atomic E-state index is 12.7. The molecule has 1 fully saturated rings. The van der Waals surface area contributed by atoms with Gasteiger partial charge in [-0.1, -0.05) is 5.16 Å². The zero-order valence-corrected chi connectivity index (χ0v) is 24.7. The number of carbonyl (C=O) groups is 1. The van der Waals surface area contributed by atoms with Crippen LogP contribution in [-0.4, -0.2) is 70.2 Å². The molecule has 10 heteroatoms. The monoisotopic (exact) mass is 549 g/mol. The summed E-state index contributed by atoms with van der Waals surface area (Å²) in [6.07, 6.45) is 3.18. The molecule has 4 aromatic rings. The summed E-state index contributed by atoms with van der Waals surface area (Å²) in [4.78, 5) is 24.4. The molecule has 1 atom stereocenters. The molecule has 1 aliphatic heterocycles. The lowest BCUT2D eigenvalue weighted by atomic mass is 9.95. The van der Waals surface area contributed by atoms with E-state index in [1.54, 1.807) is 19.1 Å². The van der Waals surface area contributed by atoms with Gasteiger partial charge in [0.1, 0.15) is 28.5 Å². The van der Waals surface area contributed by atoms with Gasteiger partial charge in [-0.15, -0.1) is 0 Å². The highest BCUT2D eigenvalue weighted by Crippen LogP contribution is 2.41. The zero-order chi connectivity index (χ0) is 28.8. The third-order valence-electron chi connectivity index (χ3n) is 7.53. The highest BCUT2D eigenvalue weighted by molar-refractivity contribution is 6.05. The Labute approximate surface area is 234 Å². The van der Waals surface area contributed by atoms with Crippen molar-refractivity contribution in [2.75, 3.05) is 33.9 Å². The van der Waals surface area contributed by atoms with Gasteiger partial charge in [0.25, 0.3) is 0 Å². The van der Waals surface area contributed by atoms with Gasteiger partial charge < -0.3 is 28.2 Å². The molecule has 3 aromatic heterocycles. The van der Waals surface area contributed by atoms with Crippen molar-refractivity contribution in [3.8, 4) is 16.9 Å². The Balaban J connectivity index is 1.59. The first-order valence-corrected chi connectivity index (χ1v) is 13.8. The predicted octanol–water partition coefficient (Wildman–Crippen LogP) is 6.19. The fraction of sp³-hybridized carbons (Fsp3) is 0.533. The van der Waals surface area contributed by atoms with Crippen LogP contribution >= 0.6 is 0 Å². The van der Waals surface area contributed by atoms with Crippen LogP contribution in [0.3, 0.4) is 0 Å². The standard InChI is InChI=1S/C30H39N5O5/c1-17(16-37-7)35-27-21-14-25(38-8)22(26-18(2)33-40-19(26)3)13-23(21)31-15-24(27)32-28(35)20-9-11-34(12-10-20)29(36)39-30(4,5)6/h13-15,17,20H,9-12,16H2,1-8H3. The predicted molar refractivity (Wildman–Crippen MR) is 153 cm³/mol. The van der Waals surface area contributed by atoms with Crippen LogP contribution in [-0.2, 0) is 9.47 Å². The number of aromatic nitrogens is 4. The van der Waals surface area contributed by atoms with Crippen LogP contribution in [0.15, 0.2) is 22.9 Å². The number of nitrogens with zero attached hydrogens (tertiary/aromatic N) is 5. The molecule has 40 heavy (non-hydrogen) atoms. The Kier molecular flexibility index (Phi) is 7.48. The number of methoxy groups -OCH3 is 2. The second kappa shape index (κ2) is 10.7. The van der Waals surface area contributed by atoms with Crippen molar-refractivity contribution in [2.24, 2.45) is 0 Å². The number of likely N-dealkylation sites (tertiary alicyclic amines) is 1. The number of ether oxygens (including phenoxy) is 3. The number of carbonyl (C=O) groups excluding carboxylic acids is 1. The molecule has 1 unspecified atom stereocenters. The van der Waals surface area contributed by atoms with Crippen molar-refractivity contribution < 1.29 is 23.5 Å². The molecular formula is C30H39N5O5.